The lowest BCUT2D eigenvalue weighted by atomic mass is 10.0. The van der Waals surface area contributed by atoms with Crippen molar-refractivity contribution in [3.63, 3.8) is 0 Å². The molecule has 7 heteroatoms. The minimum atomic E-state index is -0.487. The number of esters is 1. The van der Waals surface area contributed by atoms with E-state index in [2.05, 4.69) is 11.1 Å². The van der Waals surface area contributed by atoms with Crippen LogP contribution in [0.15, 0.2) is 78.3 Å². The van der Waals surface area contributed by atoms with Crippen molar-refractivity contribution in [3.8, 4) is 0 Å². The minimum Gasteiger partial charge on any atom is -0.465 e. The number of nitrogens with zero attached hydrogens (tertiary/aromatic N) is 1. The van der Waals surface area contributed by atoms with E-state index in [9.17, 15) is 9.59 Å². The maximum absolute atomic E-state index is 13.4. The van der Waals surface area contributed by atoms with Gasteiger partial charge >= 0.3 is 5.97 Å². The van der Waals surface area contributed by atoms with Gasteiger partial charge in [0.25, 0.3) is 5.91 Å². The molecule has 2 aromatic rings. The molecule has 0 fully saturated rings. The second kappa shape index (κ2) is 8.86. The fraction of sp³-hybridized carbons (Fsp3) is 0.231. The molecule has 0 radical (unpaired) electrons. The number of para-hydroxylation sites is 1. The van der Waals surface area contributed by atoms with Gasteiger partial charge in [-0.05, 0) is 43.4 Å². The number of carbonyl (C=O) groups is 2. The average Bonchev–Trinajstić information content (AvgIpc) is 3.12. The molecule has 1 aromatic heterocycles. The van der Waals surface area contributed by atoms with Crippen LogP contribution in [0.3, 0.4) is 0 Å². The van der Waals surface area contributed by atoms with Gasteiger partial charge in [0.1, 0.15) is 12.5 Å². The lowest BCUT2D eigenvalue weighted by molar-refractivity contribution is -0.136. The number of hydrogen-bond donors (Lipinski definition) is 1. The predicted molar refractivity (Wildman–Crippen MR) is 123 cm³/mol. The Kier molecular flexibility index (Phi) is 5.60. The summed E-state index contributed by atoms with van der Waals surface area (Å²) in [5.74, 6) is -0.285. The van der Waals surface area contributed by atoms with E-state index in [0.29, 0.717) is 30.0 Å². The number of carbonyl (C=O) groups excluding carboxylic acids is 2. The van der Waals surface area contributed by atoms with Crippen LogP contribution in [0.2, 0.25) is 0 Å². The van der Waals surface area contributed by atoms with Crippen LogP contribution in [-0.2, 0) is 30.2 Å². The Morgan fingerprint density at radius 3 is 2.88 bits per heavy atom. The number of hydrogen-bond acceptors (Lipinski definition) is 5. The highest BCUT2D eigenvalue weighted by molar-refractivity contribution is 6.18. The van der Waals surface area contributed by atoms with E-state index in [4.69, 9.17) is 14.2 Å². The van der Waals surface area contributed by atoms with Gasteiger partial charge in [0, 0.05) is 23.6 Å². The number of allylic oxidation sites excluding steroid dienone is 4. The third-order valence-corrected chi connectivity index (χ3v) is 5.84. The highest BCUT2D eigenvalue weighted by Crippen LogP contribution is 2.32. The van der Waals surface area contributed by atoms with Gasteiger partial charge in [0.2, 0.25) is 5.76 Å². The number of rotatable bonds is 4. The highest BCUT2D eigenvalue weighted by Gasteiger charge is 2.30. The Hall–Kier alpha value is -4.00. The van der Waals surface area contributed by atoms with Crippen LogP contribution in [-0.4, -0.2) is 34.9 Å². The molecule has 0 spiro atoms. The zero-order valence-electron chi connectivity index (χ0n) is 18.3. The molecule has 0 atom stereocenters. The number of H-pyrrole nitrogens is 1. The molecule has 168 valence electrons. The van der Waals surface area contributed by atoms with Crippen molar-refractivity contribution in [1.82, 2.24) is 9.88 Å². The first-order valence-corrected chi connectivity index (χ1v) is 11.0. The lowest BCUT2D eigenvalue weighted by Gasteiger charge is -2.23. The summed E-state index contributed by atoms with van der Waals surface area (Å²) >= 11 is 0. The molecule has 0 bridgehead atoms. The number of aromatic amines is 1. The van der Waals surface area contributed by atoms with Crippen molar-refractivity contribution in [2.75, 3.05) is 13.2 Å². The summed E-state index contributed by atoms with van der Waals surface area (Å²) in [6, 6.07) is 7.88. The van der Waals surface area contributed by atoms with Gasteiger partial charge < -0.3 is 24.1 Å². The van der Waals surface area contributed by atoms with Crippen LogP contribution in [0.25, 0.3) is 16.5 Å². The topological polar surface area (TPSA) is 80.9 Å². The average molecular weight is 444 g/mol. The maximum atomic E-state index is 13.4. The molecule has 1 amide bonds. The molecule has 3 aliphatic rings. The first kappa shape index (κ1) is 20.9. The molecule has 2 aliphatic heterocycles. The van der Waals surface area contributed by atoms with E-state index in [0.717, 1.165) is 34.9 Å². The lowest BCUT2D eigenvalue weighted by Crippen LogP contribution is -2.30. The van der Waals surface area contributed by atoms with Crippen molar-refractivity contribution >= 4 is 28.4 Å². The van der Waals surface area contributed by atoms with Crippen molar-refractivity contribution < 1.29 is 23.8 Å². The van der Waals surface area contributed by atoms with Crippen LogP contribution in [0.5, 0.6) is 0 Å². The molecule has 0 saturated heterocycles. The second-order valence-electron chi connectivity index (χ2n) is 7.90. The van der Waals surface area contributed by atoms with Gasteiger partial charge in [0.15, 0.2) is 5.76 Å². The van der Waals surface area contributed by atoms with E-state index in [1.807, 2.05) is 36.4 Å². The van der Waals surface area contributed by atoms with Crippen molar-refractivity contribution in [2.24, 2.45) is 0 Å². The van der Waals surface area contributed by atoms with Crippen molar-refractivity contribution in [1.29, 1.82) is 0 Å². The van der Waals surface area contributed by atoms with Gasteiger partial charge in [0.05, 0.1) is 17.9 Å². The number of benzene rings is 1. The largest absolute Gasteiger partial charge is 0.465 e. The fourth-order valence-electron chi connectivity index (χ4n) is 4.24. The molecule has 0 saturated carbocycles. The van der Waals surface area contributed by atoms with E-state index in [1.165, 1.54) is 17.4 Å². The Balaban J connectivity index is 1.46. The number of ether oxygens (including phenoxy) is 3. The van der Waals surface area contributed by atoms with Crippen LogP contribution in [0, 0.1) is 0 Å². The van der Waals surface area contributed by atoms with Crippen molar-refractivity contribution in [2.45, 2.75) is 26.2 Å². The van der Waals surface area contributed by atoms with E-state index >= 15 is 0 Å². The van der Waals surface area contributed by atoms with Gasteiger partial charge in [-0.3, -0.25) is 4.79 Å². The van der Waals surface area contributed by atoms with Crippen molar-refractivity contribution in [3.05, 3.63) is 89.6 Å². The third kappa shape index (κ3) is 3.98. The Morgan fingerprint density at radius 1 is 1.18 bits per heavy atom. The zero-order valence-corrected chi connectivity index (χ0v) is 18.3. The molecule has 5 rings (SSSR count). The summed E-state index contributed by atoms with van der Waals surface area (Å²) in [4.78, 5) is 31.1. The molecule has 1 aliphatic carbocycles. The van der Waals surface area contributed by atoms with Gasteiger partial charge in [-0.15, -0.1) is 0 Å². The first-order valence-electron chi connectivity index (χ1n) is 11.0. The number of amides is 1. The summed E-state index contributed by atoms with van der Waals surface area (Å²) in [6.07, 6.45) is 12.6. The SMILES string of the molecule is CCOC(=O)C1=CN(C(=O)C2=COC=C(C3=CC=CCC3)O2)CCc2c1[nH]c1ccccc21. The summed E-state index contributed by atoms with van der Waals surface area (Å²) in [7, 11) is 0. The number of nitrogens with one attached hydrogen (secondary N) is 1. The number of aromatic nitrogens is 1. The van der Waals surface area contributed by atoms with Crippen LogP contribution < -0.4 is 0 Å². The summed E-state index contributed by atoms with van der Waals surface area (Å²) in [5, 5.41) is 1.02. The minimum absolute atomic E-state index is 0.0674. The fourth-order valence-corrected chi connectivity index (χ4v) is 4.24. The van der Waals surface area contributed by atoms with Gasteiger partial charge in [-0.25, -0.2) is 4.79 Å². The molecule has 1 aromatic carbocycles. The zero-order chi connectivity index (χ0) is 22.8. The van der Waals surface area contributed by atoms with E-state index in [-0.39, 0.29) is 18.3 Å². The third-order valence-electron chi connectivity index (χ3n) is 5.84. The normalized spacial score (nSPS) is 17.5. The number of fused-ring (bicyclic) bond motifs is 3. The van der Waals surface area contributed by atoms with Gasteiger partial charge in [-0.2, -0.15) is 0 Å². The second-order valence-corrected chi connectivity index (χ2v) is 7.90. The quantitative estimate of drug-likeness (QED) is 0.704. The maximum Gasteiger partial charge on any atom is 0.341 e. The Labute approximate surface area is 191 Å². The van der Waals surface area contributed by atoms with E-state index in [1.54, 1.807) is 13.1 Å². The van der Waals surface area contributed by atoms with Crippen LogP contribution >= 0.6 is 0 Å². The first-order chi connectivity index (χ1) is 16.2. The Morgan fingerprint density at radius 2 is 2.06 bits per heavy atom. The van der Waals surface area contributed by atoms with Crippen LogP contribution in [0.1, 0.15) is 31.0 Å². The smallest absolute Gasteiger partial charge is 0.341 e. The van der Waals surface area contributed by atoms with E-state index < -0.39 is 5.97 Å². The molecule has 1 N–H and O–H groups in total. The summed E-state index contributed by atoms with van der Waals surface area (Å²) in [5.41, 5.74) is 3.88. The molecule has 3 heterocycles. The summed E-state index contributed by atoms with van der Waals surface area (Å²) in [6.45, 7) is 2.37. The van der Waals surface area contributed by atoms with Crippen LogP contribution in [0.4, 0.5) is 0 Å². The molecular formula is C26H24N2O5. The highest BCUT2D eigenvalue weighted by atomic mass is 16.5. The standard InChI is InChI=1S/C26H24N2O5/c1-2-32-26(30)20-14-28(13-12-19-18-10-6-7-11-21(18)27-24(19)20)25(29)23-16-31-15-22(33-23)17-8-4-3-5-9-17/h3-4,6-8,10-11,14-16,27H,2,5,9,12-13H2,1H3. The van der Waals surface area contributed by atoms with Gasteiger partial charge in [-0.1, -0.05) is 36.4 Å². The predicted octanol–water partition coefficient (Wildman–Crippen LogP) is 4.46. The monoisotopic (exact) mass is 444 g/mol. The molecule has 0 unspecified atom stereocenters. The molecular weight excluding hydrogens is 420 g/mol. The Bertz CT molecular complexity index is 1270. The molecule has 33 heavy (non-hydrogen) atoms. The molecule has 7 nitrogen and oxygen atoms in total. The summed E-state index contributed by atoms with van der Waals surface area (Å²) < 4.78 is 16.6.